The van der Waals surface area contributed by atoms with Gasteiger partial charge in [-0.2, -0.15) is 0 Å². The van der Waals surface area contributed by atoms with E-state index in [9.17, 15) is 4.39 Å². The number of halogens is 1. The fourth-order valence-electron chi connectivity index (χ4n) is 3.38. The minimum Gasteiger partial charge on any atom is -0.442 e. The average Bonchev–Trinajstić information content (AvgIpc) is 2.52. The summed E-state index contributed by atoms with van der Waals surface area (Å²) in [7, 11) is 0. The van der Waals surface area contributed by atoms with E-state index in [1.807, 2.05) is 0 Å². The lowest BCUT2D eigenvalue weighted by molar-refractivity contribution is 0.113. The highest BCUT2D eigenvalue weighted by Gasteiger charge is 2.21. The molecular weight excluding hydrogens is 251 g/mol. The zero-order valence-corrected chi connectivity index (χ0v) is 12.5. The maximum Gasteiger partial charge on any atom is 0.149 e. The molecule has 0 heterocycles. The smallest absolute Gasteiger partial charge is 0.149 e. The number of rotatable bonds is 2. The summed E-state index contributed by atoms with van der Waals surface area (Å²) in [6.45, 7) is 2.30. The van der Waals surface area contributed by atoms with Gasteiger partial charge in [0.05, 0.1) is 0 Å². The molecule has 0 atom stereocenters. The highest BCUT2D eigenvalue weighted by molar-refractivity contribution is 5.09. The first-order valence-electron chi connectivity index (χ1n) is 8.09. The average molecular weight is 276 g/mol. The molecule has 0 spiro atoms. The topological polar surface area (TPSA) is 9.23 Å². The van der Waals surface area contributed by atoms with E-state index in [-0.39, 0.29) is 6.10 Å². The number of hydrogen-bond acceptors (Lipinski definition) is 1. The van der Waals surface area contributed by atoms with Gasteiger partial charge in [0, 0.05) is 11.8 Å². The summed E-state index contributed by atoms with van der Waals surface area (Å²) in [5.41, 5.74) is 0. The molecule has 2 fully saturated rings. The molecule has 2 heteroatoms. The fraction of sp³-hybridized carbons (Fsp3) is 0.778. The molecule has 0 N–H and O–H groups in total. The third-order valence-corrected chi connectivity index (χ3v) is 4.85. The van der Waals surface area contributed by atoms with Crippen LogP contribution >= 0.6 is 0 Å². The molecule has 0 aromatic heterocycles. The van der Waals surface area contributed by atoms with Gasteiger partial charge < -0.3 is 4.74 Å². The first-order chi connectivity index (χ1) is 9.81. The second-order valence-corrected chi connectivity index (χ2v) is 6.20. The lowest BCUT2D eigenvalue weighted by Crippen LogP contribution is -2.19. The van der Waals surface area contributed by atoms with E-state index < -0.39 is 0 Å². The van der Waals surface area contributed by atoms with Crippen molar-refractivity contribution >= 4 is 0 Å². The molecule has 0 bridgehead atoms. The van der Waals surface area contributed by atoms with Gasteiger partial charge in [-0.05, 0) is 57.3 Å². The van der Waals surface area contributed by atoms with Crippen LogP contribution < -0.4 is 0 Å². The quantitative estimate of drug-likeness (QED) is 0.666. The van der Waals surface area contributed by atoms with E-state index in [4.69, 9.17) is 4.74 Å². The van der Waals surface area contributed by atoms with Gasteiger partial charge in [0.2, 0.25) is 0 Å². The first-order valence-corrected chi connectivity index (χ1v) is 8.09. The minimum absolute atomic E-state index is 0.108. The van der Waals surface area contributed by atoms with Crippen molar-refractivity contribution in [3.05, 3.63) is 0 Å². The molecule has 2 rings (SSSR count). The van der Waals surface area contributed by atoms with Crippen molar-refractivity contribution in [3.8, 4) is 24.1 Å². The zero-order valence-electron chi connectivity index (χ0n) is 12.5. The van der Waals surface area contributed by atoms with Crippen LogP contribution in [0.4, 0.5) is 4.39 Å². The molecule has 2 aliphatic carbocycles. The Morgan fingerprint density at radius 3 is 1.95 bits per heavy atom. The van der Waals surface area contributed by atoms with E-state index in [0.29, 0.717) is 11.8 Å². The number of ether oxygens (including phenoxy) is 1. The lowest BCUT2D eigenvalue weighted by atomic mass is 9.80. The van der Waals surface area contributed by atoms with Gasteiger partial charge in [-0.1, -0.05) is 25.2 Å². The van der Waals surface area contributed by atoms with Crippen molar-refractivity contribution in [2.24, 2.45) is 17.8 Å². The van der Waals surface area contributed by atoms with E-state index in [1.54, 1.807) is 0 Å². The summed E-state index contributed by atoms with van der Waals surface area (Å²) < 4.78 is 16.8. The van der Waals surface area contributed by atoms with Crippen molar-refractivity contribution in [1.82, 2.24) is 0 Å². The molecule has 0 aliphatic heterocycles. The van der Waals surface area contributed by atoms with Crippen LogP contribution in [-0.4, -0.2) is 6.10 Å². The Morgan fingerprint density at radius 2 is 1.45 bits per heavy atom. The third-order valence-electron chi connectivity index (χ3n) is 4.85. The van der Waals surface area contributed by atoms with Crippen molar-refractivity contribution in [2.75, 3.05) is 0 Å². The molecule has 0 radical (unpaired) electrons. The predicted octanol–water partition coefficient (Wildman–Crippen LogP) is 4.67. The van der Waals surface area contributed by atoms with Gasteiger partial charge in [-0.15, -0.1) is 4.39 Å². The van der Waals surface area contributed by atoms with E-state index in [2.05, 4.69) is 24.9 Å². The van der Waals surface area contributed by atoms with Gasteiger partial charge in [-0.3, -0.25) is 0 Å². The van der Waals surface area contributed by atoms with Crippen molar-refractivity contribution < 1.29 is 9.13 Å². The Kier molecular flexibility index (Phi) is 6.25. The van der Waals surface area contributed by atoms with Crippen LogP contribution in [0.5, 0.6) is 0 Å². The molecule has 2 aliphatic rings. The van der Waals surface area contributed by atoms with Crippen molar-refractivity contribution in [1.29, 1.82) is 0 Å². The van der Waals surface area contributed by atoms with Crippen LogP contribution in [0, 0.1) is 41.9 Å². The monoisotopic (exact) mass is 276 g/mol. The Labute approximate surface area is 122 Å². The molecular formula is C18H25FO. The van der Waals surface area contributed by atoms with Crippen LogP contribution in [0.25, 0.3) is 0 Å². The zero-order chi connectivity index (χ0) is 14.2. The highest BCUT2D eigenvalue weighted by atomic mass is 19.1. The molecule has 2 saturated carbocycles. The molecule has 20 heavy (non-hydrogen) atoms. The normalized spacial score (nSPS) is 33.3. The van der Waals surface area contributed by atoms with Gasteiger partial charge in [0.15, 0.2) is 0 Å². The van der Waals surface area contributed by atoms with Gasteiger partial charge >= 0.3 is 0 Å². The van der Waals surface area contributed by atoms with Crippen molar-refractivity contribution in [3.63, 3.8) is 0 Å². The summed E-state index contributed by atoms with van der Waals surface area (Å²) in [6.07, 6.45) is 14.1. The molecule has 0 aromatic rings. The SMILES string of the molecule is CCC1CCC(C#CC2CCC(OC#CF)CC2)CC1. The fourth-order valence-corrected chi connectivity index (χ4v) is 3.38. The summed E-state index contributed by atoms with van der Waals surface area (Å²) in [5, 5.41) is 0. The second kappa shape index (κ2) is 8.21. The summed E-state index contributed by atoms with van der Waals surface area (Å²) in [5.74, 6) is 9.08. The van der Waals surface area contributed by atoms with Gasteiger partial charge in [-0.25, -0.2) is 0 Å². The standard InChI is InChI=1S/C18H25FO/c1-2-15-3-5-16(6-4-15)7-8-17-9-11-18(12-10-17)20-14-13-19/h15-18H,2-6,9-12H2,1H3. The van der Waals surface area contributed by atoms with E-state index in [0.717, 1.165) is 31.6 Å². The third kappa shape index (κ3) is 4.75. The molecule has 1 nitrogen and oxygen atoms in total. The van der Waals surface area contributed by atoms with Crippen LogP contribution in [0.3, 0.4) is 0 Å². The Bertz CT molecular complexity index is 393. The van der Waals surface area contributed by atoms with Crippen LogP contribution in [0.15, 0.2) is 0 Å². The van der Waals surface area contributed by atoms with E-state index in [1.165, 1.54) is 38.3 Å². The van der Waals surface area contributed by atoms with Gasteiger partial charge in [0.1, 0.15) is 18.4 Å². The molecule has 0 aromatic carbocycles. The second-order valence-electron chi connectivity index (χ2n) is 6.20. The van der Waals surface area contributed by atoms with E-state index >= 15 is 0 Å². The largest absolute Gasteiger partial charge is 0.442 e. The van der Waals surface area contributed by atoms with Crippen molar-refractivity contribution in [2.45, 2.75) is 70.8 Å². The lowest BCUT2D eigenvalue weighted by Gasteiger charge is -2.25. The van der Waals surface area contributed by atoms with Crippen LogP contribution in [0.1, 0.15) is 64.7 Å². The van der Waals surface area contributed by atoms with Gasteiger partial charge in [0.25, 0.3) is 0 Å². The maximum atomic E-state index is 11.7. The predicted molar refractivity (Wildman–Crippen MR) is 79.2 cm³/mol. The number of hydrogen-bond donors (Lipinski definition) is 0. The molecule has 0 amide bonds. The Balaban J connectivity index is 1.70. The Hall–Kier alpha value is -1.15. The first kappa shape index (κ1) is 15.2. The van der Waals surface area contributed by atoms with Crippen LogP contribution in [0.2, 0.25) is 0 Å². The Morgan fingerprint density at radius 1 is 0.900 bits per heavy atom. The molecule has 0 unspecified atom stereocenters. The minimum atomic E-state index is 0.108. The van der Waals surface area contributed by atoms with Crippen LogP contribution in [-0.2, 0) is 4.74 Å². The maximum absolute atomic E-state index is 11.7. The summed E-state index contributed by atoms with van der Waals surface area (Å²) in [6, 6.07) is 0. The highest BCUT2D eigenvalue weighted by Crippen LogP contribution is 2.31. The molecule has 0 saturated heterocycles. The molecule has 110 valence electrons. The summed E-state index contributed by atoms with van der Waals surface area (Å²) >= 11 is 0. The summed E-state index contributed by atoms with van der Waals surface area (Å²) in [4.78, 5) is 0.